The third-order valence-electron chi connectivity index (χ3n) is 4.13. The van der Waals surface area contributed by atoms with Crippen molar-refractivity contribution in [1.29, 1.82) is 0 Å². The molecule has 2 aliphatic rings. The van der Waals surface area contributed by atoms with Crippen molar-refractivity contribution < 1.29 is 21.7 Å². The number of methoxy groups -OCH3 is 2. The Labute approximate surface area is 145 Å². The molecule has 120 valence electrons. The molecule has 6 heteroatoms. The molecule has 4 atom stereocenters. The molecular formula is C15H22Br2O4. The summed E-state index contributed by atoms with van der Waals surface area (Å²) in [6, 6.07) is 0. The van der Waals surface area contributed by atoms with Gasteiger partial charge in [-0.25, -0.2) is 0 Å². The van der Waals surface area contributed by atoms with Gasteiger partial charge in [-0.2, -0.15) is 0 Å². The molecule has 0 radical (unpaired) electrons. The number of hydrogen-bond donors (Lipinski definition) is 0. The lowest BCUT2D eigenvalue weighted by molar-refractivity contribution is -0.237. The second kappa shape index (κ2) is 6.69. The minimum atomic E-state index is -1.56. The molecule has 2 rings (SSSR count). The summed E-state index contributed by atoms with van der Waals surface area (Å²) < 4.78 is 35.9. The zero-order valence-electron chi connectivity index (χ0n) is 14.7. The number of rotatable bonds is 6. The van der Waals surface area contributed by atoms with Crippen molar-refractivity contribution in [3.05, 3.63) is 8.96 Å². The average molecular weight is 428 g/mol. The Kier molecular flexibility index (Phi) is 4.67. The molecule has 0 unspecified atom stereocenters. The van der Waals surface area contributed by atoms with Gasteiger partial charge in [0.2, 0.25) is 0 Å². The predicted molar refractivity (Wildman–Crippen MR) is 87.2 cm³/mol. The van der Waals surface area contributed by atoms with Crippen LogP contribution in [0.25, 0.3) is 0 Å². The minimum Gasteiger partial charge on any atom is -0.461 e. The van der Waals surface area contributed by atoms with Gasteiger partial charge in [-0.1, -0.05) is 51.6 Å². The Morgan fingerprint density at radius 3 is 2.33 bits per heavy atom. The number of carbonyl (C=O) groups excluding carboxylic acids is 1. The molecule has 4 nitrogen and oxygen atoms in total. The molecule has 0 aliphatic heterocycles. The Balaban J connectivity index is 2.67. The number of esters is 1. The zero-order valence-corrected chi connectivity index (χ0v) is 15.8. The summed E-state index contributed by atoms with van der Waals surface area (Å²) in [5.41, 5.74) is 0. The van der Waals surface area contributed by atoms with E-state index in [0.717, 1.165) is 12.8 Å². The van der Waals surface area contributed by atoms with Crippen molar-refractivity contribution >= 4 is 37.8 Å². The van der Waals surface area contributed by atoms with E-state index in [2.05, 4.69) is 38.8 Å². The van der Waals surface area contributed by atoms with Gasteiger partial charge in [0.1, 0.15) is 6.10 Å². The van der Waals surface area contributed by atoms with Gasteiger partial charge in [0.15, 0.2) is 5.79 Å². The first kappa shape index (κ1) is 14.7. The smallest absolute Gasteiger partial charge is 0.302 e. The summed E-state index contributed by atoms with van der Waals surface area (Å²) in [6.07, 6.45) is 1.63. The van der Waals surface area contributed by atoms with E-state index >= 15 is 0 Å². The number of unbranched alkanes of at least 4 members (excludes halogenated alkanes) is 1. The van der Waals surface area contributed by atoms with Crippen LogP contribution in [0, 0.1) is 17.7 Å². The summed E-state index contributed by atoms with van der Waals surface area (Å²) in [6.45, 7) is 3.37. The molecular weight excluding hydrogens is 404 g/mol. The summed E-state index contributed by atoms with van der Waals surface area (Å²) in [7, 11) is 2.85. The second-order valence-electron chi connectivity index (χ2n) is 5.26. The summed E-state index contributed by atoms with van der Waals surface area (Å²) in [5, 5.41) is 0. The minimum absolute atomic E-state index is 0.403. The van der Waals surface area contributed by atoms with Crippen LogP contribution >= 0.6 is 31.9 Å². The van der Waals surface area contributed by atoms with Gasteiger partial charge in [-0.3, -0.25) is 4.79 Å². The number of fused-ring (bicyclic) bond motifs is 2. The fraction of sp³-hybridized carbons (Fsp3) is 0.800. The fourth-order valence-corrected chi connectivity index (χ4v) is 4.77. The summed E-state index contributed by atoms with van der Waals surface area (Å²) in [5.74, 6) is -5.35. The van der Waals surface area contributed by atoms with Crippen molar-refractivity contribution in [1.82, 2.24) is 0 Å². The van der Waals surface area contributed by atoms with Crippen LogP contribution in [0.4, 0.5) is 0 Å². The zero-order chi connectivity index (χ0) is 17.6. The van der Waals surface area contributed by atoms with E-state index in [0.29, 0.717) is 15.4 Å². The largest absolute Gasteiger partial charge is 0.461 e. The molecule has 2 bridgehead atoms. The maximum absolute atomic E-state index is 11.6. The monoisotopic (exact) mass is 426 g/mol. The van der Waals surface area contributed by atoms with Crippen LogP contribution in [-0.4, -0.2) is 32.1 Å². The van der Waals surface area contributed by atoms with E-state index in [9.17, 15) is 4.79 Å². The van der Waals surface area contributed by atoms with Crippen LogP contribution in [0.2, 0.25) is 0 Å². The molecule has 0 spiro atoms. The highest BCUT2D eigenvalue weighted by atomic mass is 79.9. The van der Waals surface area contributed by atoms with Crippen LogP contribution < -0.4 is 0 Å². The molecule has 0 heterocycles. The Morgan fingerprint density at radius 2 is 1.86 bits per heavy atom. The van der Waals surface area contributed by atoms with Gasteiger partial charge in [-0.15, -0.1) is 0 Å². The quantitative estimate of drug-likeness (QED) is 0.475. The van der Waals surface area contributed by atoms with E-state index in [1.807, 2.05) is 0 Å². The maximum Gasteiger partial charge on any atom is 0.302 e. The highest BCUT2D eigenvalue weighted by molar-refractivity contribution is 9.14. The molecule has 0 saturated heterocycles. The molecule has 0 N–H and O–H groups in total. The van der Waals surface area contributed by atoms with Gasteiger partial charge in [0.05, 0.1) is 11.8 Å². The van der Waals surface area contributed by atoms with Gasteiger partial charge >= 0.3 is 5.97 Å². The maximum atomic E-state index is 11.6. The van der Waals surface area contributed by atoms with E-state index < -0.39 is 35.6 Å². The van der Waals surface area contributed by atoms with Crippen LogP contribution in [0.5, 0.6) is 0 Å². The molecule has 1 fully saturated rings. The van der Waals surface area contributed by atoms with Gasteiger partial charge in [-0.05, 0) is 6.42 Å². The number of halogens is 2. The molecule has 0 amide bonds. The van der Waals surface area contributed by atoms with E-state index in [-0.39, 0.29) is 0 Å². The van der Waals surface area contributed by atoms with Crippen molar-refractivity contribution in [3.8, 4) is 0 Å². The lowest BCUT2D eigenvalue weighted by Gasteiger charge is -2.32. The van der Waals surface area contributed by atoms with Gasteiger partial charge in [0, 0.05) is 38.8 Å². The Morgan fingerprint density at radius 1 is 1.29 bits per heavy atom. The van der Waals surface area contributed by atoms with Crippen LogP contribution in [0.1, 0.15) is 35.9 Å². The van der Waals surface area contributed by atoms with Gasteiger partial charge in [0.25, 0.3) is 0 Å². The third-order valence-corrected chi connectivity index (χ3v) is 6.31. The third kappa shape index (κ3) is 2.62. The predicted octanol–water partition coefficient (Wildman–Crippen LogP) is 3.97. The van der Waals surface area contributed by atoms with Crippen LogP contribution in [-0.2, 0) is 19.0 Å². The number of carbonyl (C=O) groups is 1. The molecule has 2 aliphatic carbocycles. The molecule has 0 aromatic carbocycles. The first-order valence-electron chi connectivity index (χ1n) is 8.02. The lowest BCUT2D eigenvalue weighted by Crippen LogP contribution is -2.42. The number of hydrogen-bond acceptors (Lipinski definition) is 4. The average Bonchev–Trinajstić information content (AvgIpc) is 2.74. The van der Waals surface area contributed by atoms with Crippen LogP contribution in [0.15, 0.2) is 8.96 Å². The SMILES string of the molecule is [2H][C@]12C(Br)=C(Br)[C@]([2H])([C@H](CCCC)[C@@H]1OC(C)=O)C2(OC)OC. The van der Waals surface area contributed by atoms with Crippen molar-refractivity contribution in [2.24, 2.45) is 17.7 Å². The highest BCUT2D eigenvalue weighted by Crippen LogP contribution is 2.64. The Hall–Kier alpha value is 0.0900. The molecule has 21 heavy (non-hydrogen) atoms. The Bertz CT molecular complexity index is 538. The first-order valence-corrected chi connectivity index (χ1v) is 8.61. The standard InChI is InChI=1S/C15H22Br2O4/c1-5-6-7-9-10-12(16)13(17)11(14(9)21-8(2)18)15(10,19-3)20-4/h9-11,14H,5-7H2,1-4H3/t9-,10-,11-,14-/m0/s1/i10D,11D. The fourth-order valence-electron chi connectivity index (χ4n) is 3.30. The molecule has 0 aromatic heterocycles. The highest BCUT2D eigenvalue weighted by Gasteiger charge is 2.69. The van der Waals surface area contributed by atoms with E-state index in [1.165, 1.54) is 21.1 Å². The summed E-state index contributed by atoms with van der Waals surface area (Å²) >= 11 is 6.87. The van der Waals surface area contributed by atoms with Crippen molar-refractivity contribution in [2.45, 2.75) is 45.0 Å². The van der Waals surface area contributed by atoms with Crippen molar-refractivity contribution in [2.75, 3.05) is 14.2 Å². The normalized spacial score (nSPS) is 42.0. The van der Waals surface area contributed by atoms with Gasteiger partial charge < -0.3 is 14.2 Å². The van der Waals surface area contributed by atoms with E-state index in [4.69, 9.17) is 17.0 Å². The number of ether oxygens (including phenoxy) is 3. The molecule has 1 saturated carbocycles. The van der Waals surface area contributed by atoms with Crippen LogP contribution in [0.3, 0.4) is 0 Å². The topological polar surface area (TPSA) is 44.8 Å². The second-order valence-corrected chi connectivity index (χ2v) is 6.84. The lowest BCUT2D eigenvalue weighted by atomic mass is 9.86. The van der Waals surface area contributed by atoms with E-state index in [1.54, 1.807) is 0 Å². The van der Waals surface area contributed by atoms with Crippen molar-refractivity contribution in [3.63, 3.8) is 0 Å². The summed E-state index contributed by atoms with van der Waals surface area (Å²) in [4.78, 5) is 11.6. The first-order chi connectivity index (χ1) is 10.7. The molecule has 0 aromatic rings.